The van der Waals surface area contributed by atoms with Crippen LogP contribution in [-0.2, 0) is 18.5 Å². The maximum absolute atomic E-state index is 12.9. The summed E-state index contributed by atoms with van der Waals surface area (Å²) in [5.41, 5.74) is 3.18. The van der Waals surface area contributed by atoms with Gasteiger partial charge in [-0.25, -0.2) is 4.98 Å². The van der Waals surface area contributed by atoms with Crippen LogP contribution >= 0.6 is 0 Å². The number of amides is 1. The van der Waals surface area contributed by atoms with Gasteiger partial charge in [0.2, 0.25) is 0 Å². The van der Waals surface area contributed by atoms with E-state index in [1.165, 1.54) is 24.2 Å². The van der Waals surface area contributed by atoms with Gasteiger partial charge in [-0.15, -0.1) is 0 Å². The molecule has 1 spiro atoms. The largest absolute Gasteiger partial charge is 0.348 e. The zero-order valence-electron chi connectivity index (χ0n) is 16.4. The number of aromatic amines is 1. The number of piperidine rings is 1. The Labute approximate surface area is 160 Å². The normalized spacial score (nSPS) is 19.4. The van der Waals surface area contributed by atoms with Crippen molar-refractivity contribution in [3.63, 3.8) is 0 Å². The van der Waals surface area contributed by atoms with Crippen LogP contribution < -0.4 is 0 Å². The minimum absolute atomic E-state index is 0.0207. The van der Waals surface area contributed by atoms with Crippen molar-refractivity contribution in [1.82, 2.24) is 29.5 Å². The van der Waals surface area contributed by atoms with E-state index in [0.717, 1.165) is 52.0 Å². The van der Waals surface area contributed by atoms with E-state index in [2.05, 4.69) is 21.9 Å². The fourth-order valence-electron chi connectivity index (χ4n) is 4.66. The maximum atomic E-state index is 12.9. The highest BCUT2D eigenvalue weighted by molar-refractivity contribution is 5.93. The van der Waals surface area contributed by atoms with Crippen LogP contribution in [0.2, 0.25) is 0 Å². The first-order valence-corrected chi connectivity index (χ1v) is 10.3. The summed E-state index contributed by atoms with van der Waals surface area (Å²) >= 11 is 0. The molecule has 7 nitrogen and oxygen atoms in total. The molecule has 4 heterocycles. The molecule has 0 unspecified atom stereocenters. The van der Waals surface area contributed by atoms with Crippen molar-refractivity contribution >= 4 is 5.91 Å². The molecular weight excluding hydrogens is 340 g/mol. The Hall–Kier alpha value is -2.15. The van der Waals surface area contributed by atoms with Gasteiger partial charge < -0.3 is 9.88 Å². The number of nitrogens with zero attached hydrogens (tertiary/aromatic N) is 5. The molecule has 2 aromatic heterocycles. The quantitative estimate of drug-likeness (QED) is 0.877. The molecule has 0 radical (unpaired) electrons. The van der Waals surface area contributed by atoms with Crippen LogP contribution in [0.5, 0.6) is 0 Å². The highest BCUT2D eigenvalue weighted by Crippen LogP contribution is 2.42. The van der Waals surface area contributed by atoms with Crippen molar-refractivity contribution in [2.24, 2.45) is 0 Å². The summed E-state index contributed by atoms with van der Waals surface area (Å²) in [5, 5.41) is 4.25. The standard InChI is InChI=1S/C20H30N6O/c1-3-5-9-25-10-6-17-18(22-15-21-17)20(25)7-11-24(12-8-20)19(27)16-13-23-26(4-2)14-16/h13-15H,3-12H2,1-2H3,(H,21,22). The third-order valence-corrected chi connectivity index (χ3v) is 6.26. The summed E-state index contributed by atoms with van der Waals surface area (Å²) in [5.74, 6) is 0.0997. The molecule has 0 saturated carbocycles. The van der Waals surface area contributed by atoms with Crippen molar-refractivity contribution in [3.8, 4) is 0 Å². The van der Waals surface area contributed by atoms with E-state index in [1.54, 1.807) is 6.20 Å². The zero-order valence-corrected chi connectivity index (χ0v) is 16.4. The Morgan fingerprint density at radius 2 is 2.07 bits per heavy atom. The summed E-state index contributed by atoms with van der Waals surface area (Å²) < 4.78 is 1.81. The summed E-state index contributed by atoms with van der Waals surface area (Å²) in [6.45, 7) is 8.78. The van der Waals surface area contributed by atoms with Gasteiger partial charge in [-0.3, -0.25) is 14.4 Å². The van der Waals surface area contributed by atoms with Crippen LogP contribution in [0.3, 0.4) is 0 Å². The first kappa shape index (κ1) is 18.2. The monoisotopic (exact) mass is 370 g/mol. The smallest absolute Gasteiger partial charge is 0.257 e. The minimum Gasteiger partial charge on any atom is -0.348 e. The van der Waals surface area contributed by atoms with Crippen LogP contribution in [-0.4, -0.2) is 61.6 Å². The molecule has 1 amide bonds. The number of hydrogen-bond acceptors (Lipinski definition) is 4. The van der Waals surface area contributed by atoms with E-state index >= 15 is 0 Å². The number of aryl methyl sites for hydroxylation is 1. The fraction of sp³-hybridized carbons (Fsp3) is 0.650. The van der Waals surface area contributed by atoms with Gasteiger partial charge in [0.15, 0.2) is 0 Å². The molecule has 1 fully saturated rings. The number of carbonyl (C=O) groups excluding carboxylic acids is 1. The Morgan fingerprint density at radius 3 is 2.78 bits per heavy atom. The molecule has 27 heavy (non-hydrogen) atoms. The molecule has 2 aliphatic heterocycles. The molecule has 1 saturated heterocycles. The molecule has 0 aromatic carbocycles. The van der Waals surface area contributed by atoms with Gasteiger partial charge in [0.25, 0.3) is 5.91 Å². The number of hydrogen-bond donors (Lipinski definition) is 1. The lowest BCUT2D eigenvalue weighted by atomic mass is 9.78. The van der Waals surface area contributed by atoms with Crippen molar-refractivity contribution < 1.29 is 4.79 Å². The number of aromatic nitrogens is 4. The molecule has 146 valence electrons. The van der Waals surface area contributed by atoms with Crippen molar-refractivity contribution in [3.05, 3.63) is 35.7 Å². The molecule has 2 aromatic rings. The molecular formula is C20H30N6O. The number of H-pyrrole nitrogens is 1. The average molecular weight is 371 g/mol. The molecule has 0 bridgehead atoms. The van der Waals surface area contributed by atoms with E-state index in [1.807, 2.05) is 29.0 Å². The highest BCUT2D eigenvalue weighted by Gasteiger charge is 2.46. The number of rotatable bonds is 5. The predicted molar refractivity (Wildman–Crippen MR) is 103 cm³/mol. The van der Waals surface area contributed by atoms with E-state index < -0.39 is 0 Å². The van der Waals surface area contributed by atoms with Gasteiger partial charge in [0.1, 0.15) is 0 Å². The number of carbonyl (C=O) groups is 1. The number of imidazole rings is 1. The summed E-state index contributed by atoms with van der Waals surface area (Å²) in [6, 6.07) is 0. The van der Waals surface area contributed by atoms with Crippen LogP contribution in [0.1, 0.15) is 61.3 Å². The Morgan fingerprint density at radius 1 is 1.26 bits per heavy atom. The predicted octanol–water partition coefficient (Wildman–Crippen LogP) is 2.42. The third kappa shape index (κ3) is 3.18. The van der Waals surface area contributed by atoms with Gasteiger partial charge in [-0.2, -0.15) is 5.10 Å². The number of nitrogens with one attached hydrogen (secondary N) is 1. The topological polar surface area (TPSA) is 70.1 Å². The fourth-order valence-corrected chi connectivity index (χ4v) is 4.66. The number of unbranched alkanes of at least 4 members (excludes halogenated alkanes) is 1. The van der Waals surface area contributed by atoms with E-state index in [4.69, 9.17) is 4.98 Å². The number of likely N-dealkylation sites (tertiary alicyclic amines) is 1. The molecule has 0 atom stereocenters. The molecule has 1 N–H and O–H groups in total. The lowest BCUT2D eigenvalue weighted by molar-refractivity contribution is 0.00631. The van der Waals surface area contributed by atoms with Gasteiger partial charge in [0.05, 0.1) is 29.3 Å². The van der Waals surface area contributed by atoms with Gasteiger partial charge in [-0.05, 0) is 32.7 Å². The van der Waals surface area contributed by atoms with Crippen LogP contribution in [0.15, 0.2) is 18.7 Å². The van der Waals surface area contributed by atoms with Crippen molar-refractivity contribution in [2.45, 2.75) is 58.0 Å². The molecule has 7 heteroatoms. The van der Waals surface area contributed by atoms with Gasteiger partial charge >= 0.3 is 0 Å². The third-order valence-electron chi connectivity index (χ3n) is 6.26. The average Bonchev–Trinajstić information content (AvgIpc) is 3.37. The Kier molecular flexibility index (Phi) is 5.04. The highest BCUT2D eigenvalue weighted by atomic mass is 16.2. The second-order valence-corrected chi connectivity index (χ2v) is 7.73. The van der Waals surface area contributed by atoms with Gasteiger partial charge in [-0.1, -0.05) is 13.3 Å². The van der Waals surface area contributed by atoms with Gasteiger partial charge in [0, 0.05) is 44.5 Å². The van der Waals surface area contributed by atoms with E-state index in [9.17, 15) is 4.79 Å². The SMILES string of the molecule is CCCCN1CCc2[nH]cnc2C12CCN(C(=O)c1cnn(CC)c1)CC2. The first-order valence-electron chi connectivity index (χ1n) is 10.3. The minimum atomic E-state index is -0.0207. The Bertz CT molecular complexity index is 786. The number of fused-ring (bicyclic) bond motifs is 2. The summed E-state index contributed by atoms with van der Waals surface area (Å²) in [7, 11) is 0. The maximum Gasteiger partial charge on any atom is 0.257 e. The van der Waals surface area contributed by atoms with E-state index in [0.29, 0.717) is 5.56 Å². The Balaban J connectivity index is 1.52. The summed E-state index contributed by atoms with van der Waals surface area (Å²) in [6.07, 6.45) is 10.7. The molecule has 2 aliphatic rings. The van der Waals surface area contributed by atoms with Crippen LogP contribution in [0.25, 0.3) is 0 Å². The van der Waals surface area contributed by atoms with Crippen molar-refractivity contribution in [2.75, 3.05) is 26.2 Å². The summed E-state index contributed by atoms with van der Waals surface area (Å²) in [4.78, 5) is 25.6. The first-order chi connectivity index (χ1) is 13.2. The van der Waals surface area contributed by atoms with Crippen LogP contribution in [0, 0.1) is 0 Å². The van der Waals surface area contributed by atoms with Crippen LogP contribution in [0.4, 0.5) is 0 Å². The second kappa shape index (κ2) is 7.46. The molecule has 0 aliphatic carbocycles. The zero-order chi connectivity index (χ0) is 18.9. The second-order valence-electron chi connectivity index (χ2n) is 7.73. The molecule has 4 rings (SSSR count). The van der Waals surface area contributed by atoms with Crippen molar-refractivity contribution in [1.29, 1.82) is 0 Å². The lowest BCUT2D eigenvalue weighted by Crippen LogP contribution is -2.57. The lowest BCUT2D eigenvalue weighted by Gasteiger charge is -2.50. The van der Waals surface area contributed by atoms with E-state index in [-0.39, 0.29) is 11.4 Å².